The monoisotopic (exact) mass is 241 g/mol. The van der Waals surface area contributed by atoms with Crippen molar-refractivity contribution in [1.29, 1.82) is 0 Å². The standard InChI is InChI=1S/C13H27N3O/c1-4-16(9-13(17)15-10(2)3)12-8-6-5-7-11(12)14/h10-12H,4-9,14H2,1-3H3,(H,15,17). The first-order chi connectivity index (χ1) is 8.04. The summed E-state index contributed by atoms with van der Waals surface area (Å²) in [5.41, 5.74) is 6.16. The summed E-state index contributed by atoms with van der Waals surface area (Å²) >= 11 is 0. The number of amides is 1. The van der Waals surface area contributed by atoms with Gasteiger partial charge in [0.2, 0.25) is 5.91 Å². The highest BCUT2D eigenvalue weighted by molar-refractivity contribution is 5.78. The number of nitrogens with one attached hydrogen (secondary N) is 1. The molecule has 0 aromatic carbocycles. The first-order valence-corrected chi connectivity index (χ1v) is 6.83. The van der Waals surface area contributed by atoms with E-state index in [1.165, 1.54) is 12.8 Å². The molecule has 0 radical (unpaired) electrons. The van der Waals surface area contributed by atoms with E-state index in [0.717, 1.165) is 19.4 Å². The lowest BCUT2D eigenvalue weighted by molar-refractivity contribution is -0.123. The van der Waals surface area contributed by atoms with E-state index in [4.69, 9.17) is 5.73 Å². The van der Waals surface area contributed by atoms with Crippen LogP contribution < -0.4 is 11.1 Å². The zero-order valence-electron chi connectivity index (χ0n) is 11.4. The normalized spacial score (nSPS) is 25.3. The second-order valence-electron chi connectivity index (χ2n) is 5.30. The molecule has 1 amide bonds. The van der Waals surface area contributed by atoms with Gasteiger partial charge in [-0.15, -0.1) is 0 Å². The van der Waals surface area contributed by atoms with Crippen molar-refractivity contribution in [3.63, 3.8) is 0 Å². The third-order valence-corrected chi connectivity index (χ3v) is 3.45. The average molecular weight is 241 g/mol. The molecule has 0 aromatic rings. The van der Waals surface area contributed by atoms with Crippen LogP contribution in [0.5, 0.6) is 0 Å². The molecule has 17 heavy (non-hydrogen) atoms. The van der Waals surface area contributed by atoms with E-state index in [2.05, 4.69) is 17.1 Å². The Hall–Kier alpha value is -0.610. The van der Waals surface area contributed by atoms with Crippen molar-refractivity contribution in [3.05, 3.63) is 0 Å². The molecule has 1 aliphatic rings. The third kappa shape index (κ3) is 4.64. The Labute approximate surface area is 105 Å². The van der Waals surface area contributed by atoms with Gasteiger partial charge in [-0.05, 0) is 33.2 Å². The van der Waals surface area contributed by atoms with Crippen molar-refractivity contribution in [2.45, 2.75) is 64.6 Å². The fourth-order valence-corrected chi connectivity index (χ4v) is 2.61. The Morgan fingerprint density at radius 1 is 1.41 bits per heavy atom. The minimum Gasteiger partial charge on any atom is -0.353 e. The molecule has 0 aliphatic heterocycles. The number of nitrogens with zero attached hydrogens (tertiary/aromatic N) is 1. The molecule has 3 N–H and O–H groups in total. The molecule has 4 heteroatoms. The predicted molar refractivity (Wildman–Crippen MR) is 70.8 cm³/mol. The van der Waals surface area contributed by atoms with Crippen LogP contribution in [0, 0.1) is 0 Å². The lowest BCUT2D eigenvalue weighted by atomic mass is 9.90. The van der Waals surface area contributed by atoms with E-state index < -0.39 is 0 Å². The molecular formula is C13H27N3O. The van der Waals surface area contributed by atoms with Crippen molar-refractivity contribution in [1.82, 2.24) is 10.2 Å². The number of carbonyl (C=O) groups is 1. The van der Waals surface area contributed by atoms with Crippen molar-refractivity contribution in [3.8, 4) is 0 Å². The summed E-state index contributed by atoms with van der Waals surface area (Å²) in [7, 11) is 0. The van der Waals surface area contributed by atoms with Gasteiger partial charge < -0.3 is 11.1 Å². The van der Waals surface area contributed by atoms with Crippen LogP contribution in [0.3, 0.4) is 0 Å². The molecular weight excluding hydrogens is 214 g/mol. The number of hydrogen-bond acceptors (Lipinski definition) is 3. The van der Waals surface area contributed by atoms with Crippen molar-refractivity contribution in [2.75, 3.05) is 13.1 Å². The van der Waals surface area contributed by atoms with Crippen molar-refractivity contribution < 1.29 is 4.79 Å². The van der Waals surface area contributed by atoms with Gasteiger partial charge >= 0.3 is 0 Å². The lowest BCUT2D eigenvalue weighted by Crippen LogP contribution is -2.52. The number of nitrogens with two attached hydrogens (primary N) is 1. The maximum absolute atomic E-state index is 11.8. The van der Waals surface area contributed by atoms with Gasteiger partial charge in [0.25, 0.3) is 0 Å². The molecule has 100 valence electrons. The van der Waals surface area contributed by atoms with Crippen LogP contribution in [0.1, 0.15) is 46.5 Å². The topological polar surface area (TPSA) is 58.4 Å². The van der Waals surface area contributed by atoms with Gasteiger partial charge in [0.1, 0.15) is 0 Å². The molecule has 0 aromatic heterocycles. The summed E-state index contributed by atoms with van der Waals surface area (Å²) in [5.74, 6) is 0.111. The molecule has 2 unspecified atom stereocenters. The Kier molecular flexibility index (Phi) is 5.92. The number of likely N-dealkylation sites (N-methyl/N-ethyl adjacent to an activating group) is 1. The van der Waals surface area contributed by atoms with Gasteiger partial charge in [0.15, 0.2) is 0 Å². The van der Waals surface area contributed by atoms with Gasteiger partial charge in [0.05, 0.1) is 6.54 Å². The predicted octanol–water partition coefficient (Wildman–Crippen LogP) is 1.10. The summed E-state index contributed by atoms with van der Waals surface area (Å²) in [6.45, 7) is 7.45. The number of hydrogen-bond donors (Lipinski definition) is 2. The maximum Gasteiger partial charge on any atom is 0.234 e. The molecule has 1 fully saturated rings. The minimum atomic E-state index is 0.111. The van der Waals surface area contributed by atoms with Crippen molar-refractivity contribution >= 4 is 5.91 Å². The molecule has 1 rings (SSSR count). The molecule has 1 aliphatic carbocycles. The van der Waals surface area contributed by atoms with E-state index >= 15 is 0 Å². The molecule has 1 saturated carbocycles. The van der Waals surface area contributed by atoms with Crippen LogP contribution in [-0.4, -0.2) is 42.0 Å². The largest absolute Gasteiger partial charge is 0.353 e. The number of rotatable bonds is 5. The minimum absolute atomic E-state index is 0.111. The quantitative estimate of drug-likeness (QED) is 0.758. The Balaban J connectivity index is 2.49. The highest BCUT2D eigenvalue weighted by Crippen LogP contribution is 2.21. The maximum atomic E-state index is 11.8. The smallest absolute Gasteiger partial charge is 0.234 e. The molecule has 0 bridgehead atoms. The van der Waals surface area contributed by atoms with E-state index in [1.807, 2.05) is 13.8 Å². The fraction of sp³-hybridized carbons (Fsp3) is 0.923. The zero-order chi connectivity index (χ0) is 12.8. The first kappa shape index (κ1) is 14.5. The summed E-state index contributed by atoms with van der Waals surface area (Å²) in [6, 6.07) is 0.823. The second kappa shape index (κ2) is 6.97. The average Bonchev–Trinajstić information content (AvgIpc) is 2.26. The number of carbonyl (C=O) groups excluding carboxylic acids is 1. The van der Waals surface area contributed by atoms with Gasteiger partial charge in [-0.1, -0.05) is 19.8 Å². The molecule has 0 saturated heterocycles. The van der Waals surface area contributed by atoms with E-state index in [9.17, 15) is 4.79 Å². The zero-order valence-corrected chi connectivity index (χ0v) is 11.4. The highest BCUT2D eigenvalue weighted by Gasteiger charge is 2.27. The highest BCUT2D eigenvalue weighted by atomic mass is 16.2. The van der Waals surface area contributed by atoms with E-state index in [1.54, 1.807) is 0 Å². The van der Waals surface area contributed by atoms with Crippen LogP contribution >= 0.6 is 0 Å². The molecule has 4 nitrogen and oxygen atoms in total. The molecule has 2 atom stereocenters. The Morgan fingerprint density at radius 2 is 2.06 bits per heavy atom. The Morgan fingerprint density at radius 3 is 2.59 bits per heavy atom. The van der Waals surface area contributed by atoms with Gasteiger partial charge in [-0.3, -0.25) is 9.69 Å². The summed E-state index contributed by atoms with van der Waals surface area (Å²) in [6.07, 6.45) is 4.69. The van der Waals surface area contributed by atoms with Gasteiger partial charge in [-0.25, -0.2) is 0 Å². The molecule has 0 spiro atoms. The van der Waals surface area contributed by atoms with Gasteiger partial charge in [0, 0.05) is 18.1 Å². The van der Waals surface area contributed by atoms with E-state index in [-0.39, 0.29) is 18.0 Å². The Bertz CT molecular complexity index is 243. The van der Waals surface area contributed by atoms with Crippen LogP contribution in [0.2, 0.25) is 0 Å². The van der Waals surface area contributed by atoms with Crippen LogP contribution in [-0.2, 0) is 4.79 Å². The summed E-state index contributed by atoms with van der Waals surface area (Å²) in [4.78, 5) is 14.0. The van der Waals surface area contributed by atoms with E-state index in [0.29, 0.717) is 12.6 Å². The molecule has 0 heterocycles. The lowest BCUT2D eigenvalue weighted by Gasteiger charge is -2.37. The summed E-state index contributed by atoms with van der Waals surface area (Å²) < 4.78 is 0. The first-order valence-electron chi connectivity index (χ1n) is 6.83. The van der Waals surface area contributed by atoms with Crippen LogP contribution in [0.4, 0.5) is 0 Å². The van der Waals surface area contributed by atoms with Crippen LogP contribution in [0.15, 0.2) is 0 Å². The SMILES string of the molecule is CCN(CC(=O)NC(C)C)C1CCCCC1N. The van der Waals surface area contributed by atoms with Crippen molar-refractivity contribution in [2.24, 2.45) is 5.73 Å². The van der Waals surface area contributed by atoms with Gasteiger partial charge in [-0.2, -0.15) is 0 Å². The summed E-state index contributed by atoms with van der Waals surface area (Å²) in [5, 5.41) is 2.94. The third-order valence-electron chi connectivity index (χ3n) is 3.45. The van der Waals surface area contributed by atoms with Crippen LogP contribution in [0.25, 0.3) is 0 Å². The second-order valence-corrected chi connectivity index (χ2v) is 5.30. The fourth-order valence-electron chi connectivity index (χ4n) is 2.61.